The highest BCUT2D eigenvalue weighted by molar-refractivity contribution is 6.14. The Morgan fingerprint density at radius 3 is 2.39 bits per heavy atom. The number of hydrogen-bond acceptors (Lipinski definition) is 6. The minimum Gasteiger partial charge on any atom is -0.484 e. The van der Waals surface area contributed by atoms with Crippen LogP contribution in [0.15, 0.2) is 170 Å². The van der Waals surface area contributed by atoms with Crippen molar-refractivity contribution in [2.45, 2.75) is 24.6 Å². The minimum absolute atomic E-state index is 0.110. The summed E-state index contributed by atoms with van der Waals surface area (Å²) in [6.07, 6.45) is 15.2. The molecule has 51 heavy (non-hydrogen) atoms. The molecule has 2 aromatic heterocycles. The fourth-order valence-electron chi connectivity index (χ4n) is 8.18. The van der Waals surface area contributed by atoms with E-state index in [2.05, 4.69) is 133 Å². The molecule has 4 heterocycles. The number of fused-ring (bicyclic) bond motifs is 9. The van der Waals surface area contributed by atoms with Crippen molar-refractivity contribution in [1.29, 1.82) is 0 Å². The molecule has 4 atom stereocenters. The van der Waals surface area contributed by atoms with Gasteiger partial charge in [-0.1, -0.05) is 121 Å². The topological polar surface area (TPSA) is 72.3 Å². The summed E-state index contributed by atoms with van der Waals surface area (Å²) in [6, 6.07) is 35.6. The van der Waals surface area contributed by atoms with Crippen LogP contribution in [0.3, 0.4) is 0 Å². The van der Waals surface area contributed by atoms with Gasteiger partial charge >= 0.3 is 0 Å². The van der Waals surface area contributed by atoms with Crippen LogP contribution in [-0.4, -0.2) is 17.8 Å². The average molecular weight is 662 g/mol. The first-order chi connectivity index (χ1) is 25.3. The molecule has 4 aliphatic rings. The number of amidine groups is 2. The van der Waals surface area contributed by atoms with Gasteiger partial charge in [0, 0.05) is 55.6 Å². The van der Waals surface area contributed by atoms with Gasteiger partial charge in [-0.05, 0) is 36.2 Å². The van der Waals surface area contributed by atoms with Crippen LogP contribution in [0.4, 0.5) is 0 Å². The summed E-state index contributed by atoms with van der Waals surface area (Å²) >= 11 is 0. The van der Waals surface area contributed by atoms with E-state index in [0.717, 1.165) is 90.0 Å². The van der Waals surface area contributed by atoms with E-state index in [4.69, 9.17) is 23.6 Å². The Morgan fingerprint density at radius 1 is 0.647 bits per heavy atom. The first-order valence-electron chi connectivity index (χ1n) is 17.5. The van der Waals surface area contributed by atoms with E-state index in [1.165, 1.54) is 5.56 Å². The molecule has 7 aromatic rings. The van der Waals surface area contributed by atoms with Gasteiger partial charge in [-0.15, -0.1) is 0 Å². The van der Waals surface area contributed by atoms with Crippen molar-refractivity contribution in [3.05, 3.63) is 162 Å². The van der Waals surface area contributed by atoms with Crippen molar-refractivity contribution >= 4 is 55.5 Å². The van der Waals surface area contributed by atoms with Crippen molar-refractivity contribution in [1.82, 2.24) is 5.32 Å². The van der Waals surface area contributed by atoms with Gasteiger partial charge in [0.25, 0.3) is 0 Å². The van der Waals surface area contributed by atoms with E-state index in [1.807, 2.05) is 18.2 Å². The van der Waals surface area contributed by atoms with Crippen molar-refractivity contribution in [3.8, 4) is 16.9 Å². The molecule has 6 heteroatoms. The van der Waals surface area contributed by atoms with Gasteiger partial charge in [0.15, 0.2) is 6.17 Å². The number of aliphatic imine (C=N–C) groups is 2. The fourth-order valence-corrected chi connectivity index (χ4v) is 8.18. The number of rotatable bonds is 4. The number of ether oxygens (including phenoxy) is 1. The molecule has 0 radical (unpaired) electrons. The van der Waals surface area contributed by atoms with Crippen LogP contribution >= 0.6 is 0 Å². The molecule has 1 N–H and O–H groups in total. The Bertz CT molecular complexity index is 2770. The second-order valence-electron chi connectivity index (χ2n) is 13.6. The molecule has 0 saturated heterocycles. The molecule has 4 unspecified atom stereocenters. The van der Waals surface area contributed by atoms with Crippen LogP contribution in [0, 0.1) is 5.92 Å². The number of benzene rings is 5. The van der Waals surface area contributed by atoms with Crippen molar-refractivity contribution in [2.24, 2.45) is 15.9 Å². The molecule has 6 nitrogen and oxygen atoms in total. The monoisotopic (exact) mass is 661 g/mol. The zero-order valence-electron chi connectivity index (χ0n) is 27.5. The van der Waals surface area contributed by atoms with Gasteiger partial charge in [-0.3, -0.25) is 0 Å². The summed E-state index contributed by atoms with van der Waals surface area (Å²) in [4.78, 5) is 10.6. The van der Waals surface area contributed by atoms with E-state index < -0.39 is 6.17 Å². The predicted octanol–water partition coefficient (Wildman–Crippen LogP) is 10.7. The fraction of sp³-hybridized carbons (Fsp3) is 0.111. The number of para-hydroxylation sites is 4. The Kier molecular flexibility index (Phi) is 6.16. The van der Waals surface area contributed by atoms with Crippen molar-refractivity contribution < 1.29 is 13.6 Å². The predicted molar refractivity (Wildman–Crippen MR) is 204 cm³/mol. The van der Waals surface area contributed by atoms with Crippen LogP contribution in [0.2, 0.25) is 0 Å². The maximum Gasteiger partial charge on any atom is 0.173 e. The zero-order chi connectivity index (χ0) is 33.5. The Balaban J connectivity index is 1.03. The first-order valence-corrected chi connectivity index (χ1v) is 17.5. The second kappa shape index (κ2) is 11.1. The molecule has 0 fully saturated rings. The normalized spacial score (nSPS) is 22.1. The lowest BCUT2D eigenvalue weighted by Crippen LogP contribution is -2.43. The lowest BCUT2D eigenvalue weighted by molar-refractivity contribution is 0.261. The third kappa shape index (κ3) is 4.42. The molecule has 5 aromatic carbocycles. The highest BCUT2D eigenvalue weighted by atomic mass is 16.5. The van der Waals surface area contributed by atoms with E-state index in [9.17, 15) is 0 Å². The quantitative estimate of drug-likeness (QED) is 0.204. The number of nitrogens with zero attached hydrogens (tertiary/aromatic N) is 2. The van der Waals surface area contributed by atoms with Crippen molar-refractivity contribution in [3.63, 3.8) is 0 Å². The summed E-state index contributed by atoms with van der Waals surface area (Å²) in [7, 11) is 0. The van der Waals surface area contributed by atoms with E-state index in [-0.39, 0.29) is 17.9 Å². The summed E-state index contributed by atoms with van der Waals surface area (Å²) in [5.74, 6) is 2.84. The van der Waals surface area contributed by atoms with Crippen LogP contribution in [0.25, 0.3) is 55.0 Å². The third-order valence-electron chi connectivity index (χ3n) is 10.6. The summed E-state index contributed by atoms with van der Waals surface area (Å²) in [5, 5.41) is 7.96. The first kappa shape index (κ1) is 28.4. The average Bonchev–Trinajstić information content (AvgIpc) is 3.89. The molecule has 0 spiro atoms. The highest BCUT2D eigenvalue weighted by Crippen LogP contribution is 2.45. The van der Waals surface area contributed by atoms with Crippen LogP contribution < -0.4 is 10.1 Å². The molecule has 0 amide bonds. The van der Waals surface area contributed by atoms with E-state index >= 15 is 0 Å². The lowest BCUT2D eigenvalue weighted by Gasteiger charge is -2.30. The van der Waals surface area contributed by atoms with E-state index in [1.54, 1.807) is 0 Å². The minimum atomic E-state index is -0.502. The molecule has 0 saturated carbocycles. The maximum absolute atomic E-state index is 6.78. The van der Waals surface area contributed by atoms with Gasteiger partial charge in [0.2, 0.25) is 0 Å². The maximum atomic E-state index is 6.78. The highest BCUT2D eigenvalue weighted by Gasteiger charge is 2.39. The van der Waals surface area contributed by atoms with Crippen LogP contribution in [0.5, 0.6) is 5.75 Å². The van der Waals surface area contributed by atoms with E-state index in [0.29, 0.717) is 0 Å². The van der Waals surface area contributed by atoms with Crippen LogP contribution in [-0.2, 0) is 0 Å². The Morgan fingerprint density at radius 2 is 1.45 bits per heavy atom. The zero-order valence-corrected chi connectivity index (χ0v) is 27.5. The summed E-state index contributed by atoms with van der Waals surface area (Å²) in [5.41, 5.74) is 8.59. The van der Waals surface area contributed by atoms with Gasteiger partial charge in [0.05, 0.1) is 0 Å². The Labute approximate surface area is 293 Å². The molecule has 2 aliphatic carbocycles. The SMILES string of the molecule is C1=CCC(C2=NC(c3cccc4c3oc3cc(-c5cccc6c5oc5ccccc56)ccc34)N=C(C3=CC=CC4c5ccccc5OC34)N2)C=C1. The van der Waals surface area contributed by atoms with Gasteiger partial charge < -0.3 is 18.9 Å². The standard InChI is InChI=1S/C45H31N3O3/c1-2-11-26(12-3-1)43-46-44(35-19-9-17-33-30-14-5-7-22-38(30)50-41(33)35)48-45(47-43)36-20-10-18-34-31-24-23-27(25-39(31)51-42(34)36)28-15-8-16-32-29-13-4-6-21-37(29)49-40(28)32/h1-11,13-26,33,41,45H,12H2,(H,46,47,48). The summed E-state index contributed by atoms with van der Waals surface area (Å²) in [6.45, 7) is 0. The molecule has 244 valence electrons. The number of hydrogen-bond donors (Lipinski definition) is 1. The largest absolute Gasteiger partial charge is 0.484 e. The second-order valence-corrected chi connectivity index (χ2v) is 13.6. The number of furan rings is 2. The number of allylic oxidation sites excluding steroid dienone is 5. The smallest absolute Gasteiger partial charge is 0.173 e. The molecular weight excluding hydrogens is 631 g/mol. The third-order valence-corrected chi connectivity index (χ3v) is 10.6. The summed E-state index contributed by atoms with van der Waals surface area (Å²) < 4.78 is 19.7. The number of nitrogens with one attached hydrogen (secondary N) is 1. The Hall–Kier alpha value is -6.40. The molecule has 0 bridgehead atoms. The van der Waals surface area contributed by atoms with Gasteiger partial charge in [-0.25, -0.2) is 9.98 Å². The molecule has 2 aliphatic heterocycles. The lowest BCUT2D eigenvalue weighted by atomic mass is 9.86. The van der Waals surface area contributed by atoms with Crippen LogP contribution in [0.1, 0.15) is 29.6 Å². The van der Waals surface area contributed by atoms with Crippen molar-refractivity contribution in [2.75, 3.05) is 0 Å². The molecular formula is C45H31N3O3. The molecule has 11 rings (SSSR count). The van der Waals surface area contributed by atoms with Gasteiger partial charge in [0.1, 0.15) is 45.9 Å². The van der Waals surface area contributed by atoms with Gasteiger partial charge in [-0.2, -0.15) is 0 Å².